The van der Waals surface area contributed by atoms with Crippen LogP contribution in [0.3, 0.4) is 0 Å². The van der Waals surface area contributed by atoms with Crippen LogP contribution in [0.5, 0.6) is 5.75 Å². The molecule has 4 heteroatoms. The van der Waals surface area contributed by atoms with Crippen LogP contribution in [-0.4, -0.2) is 20.2 Å². The molecule has 0 saturated carbocycles. The summed E-state index contributed by atoms with van der Waals surface area (Å²) in [5.74, 6) is 0.855. The minimum Gasteiger partial charge on any atom is -0.541 e. The van der Waals surface area contributed by atoms with Crippen LogP contribution < -0.4 is 4.43 Å². The number of aromatic nitrogens is 1. The van der Waals surface area contributed by atoms with E-state index < -0.39 is 9.04 Å². The van der Waals surface area contributed by atoms with Crippen molar-refractivity contribution in [1.82, 2.24) is 4.98 Å². The fraction of sp³-hybridized carbons (Fsp3) is 0.250. The highest BCUT2D eigenvalue weighted by molar-refractivity contribution is 6.49. The quantitative estimate of drug-likeness (QED) is 0.626. The van der Waals surface area contributed by atoms with E-state index in [4.69, 9.17) is 4.43 Å². The SMILES string of the molecule is Cc1ccc(N=Cc2ncccc2C)c(O[Si](C)C)c1. The van der Waals surface area contributed by atoms with E-state index in [0.29, 0.717) is 0 Å². The number of nitrogens with zero attached hydrogens (tertiary/aromatic N) is 2. The fourth-order valence-corrected chi connectivity index (χ4v) is 2.40. The zero-order chi connectivity index (χ0) is 14.5. The molecule has 2 aromatic rings. The van der Waals surface area contributed by atoms with E-state index in [-0.39, 0.29) is 0 Å². The van der Waals surface area contributed by atoms with Crippen molar-refractivity contribution in [3.8, 4) is 5.75 Å². The van der Waals surface area contributed by atoms with Gasteiger partial charge in [-0.3, -0.25) is 9.98 Å². The molecule has 1 heterocycles. The number of aliphatic imine (C=N–C) groups is 1. The molecule has 0 amide bonds. The number of pyridine rings is 1. The number of hydrogen-bond acceptors (Lipinski definition) is 3. The lowest BCUT2D eigenvalue weighted by Gasteiger charge is -2.11. The Morgan fingerprint density at radius 3 is 2.70 bits per heavy atom. The Morgan fingerprint density at radius 1 is 1.20 bits per heavy atom. The van der Waals surface area contributed by atoms with Gasteiger partial charge in [-0.2, -0.15) is 0 Å². The van der Waals surface area contributed by atoms with Crippen LogP contribution >= 0.6 is 0 Å². The van der Waals surface area contributed by atoms with Gasteiger partial charge in [0, 0.05) is 6.20 Å². The first kappa shape index (κ1) is 14.5. The highest BCUT2D eigenvalue weighted by Crippen LogP contribution is 2.29. The van der Waals surface area contributed by atoms with Gasteiger partial charge >= 0.3 is 0 Å². The molecule has 103 valence electrons. The minimum absolute atomic E-state index is 0.805. The summed E-state index contributed by atoms with van der Waals surface area (Å²) >= 11 is 0. The third-order valence-corrected chi connectivity index (χ3v) is 3.43. The number of benzene rings is 1. The van der Waals surface area contributed by atoms with Gasteiger partial charge in [-0.05, 0) is 56.3 Å². The van der Waals surface area contributed by atoms with Crippen molar-refractivity contribution in [1.29, 1.82) is 0 Å². The van der Waals surface area contributed by atoms with E-state index in [9.17, 15) is 0 Å². The highest BCUT2D eigenvalue weighted by atomic mass is 28.3. The Morgan fingerprint density at radius 2 is 2.00 bits per heavy atom. The van der Waals surface area contributed by atoms with Gasteiger partial charge in [0.2, 0.25) is 0 Å². The molecule has 0 atom stereocenters. The third kappa shape index (κ3) is 3.77. The molecule has 20 heavy (non-hydrogen) atoms. The molecular formula is C16H19N2OSi. The van der Waals surface area contributed by atoms with E-state index in [2.05, 4.69) is 30.0 Å². The number of aryl methyl sites for hydroxylation is 2. The van der Waals surface area contributed by atoms with E-state index in [1.807, 2.05) is 37.3 Å². The molecule has 1 aromatic heterocycles. The second-order valence-electron chi connectivity index (χ2n) is 4.95. The molecule has 0 aliphatic carbocycles. The Hall–Kier alpha value is -1.94. The van der Waals surface area contributed by atoms with Crippen LogP contribution in [0, 0.1) is 13.8 Å². The summed E-state index contributed by atoms with van der Waals surface area (Å²) in [5, 5.41) is 0. The predicted octanol–water partition coefficient (Wildman–Crippen LogP) is 4.08. The van der Waals surface area contributed by atoms with Gasteiger partial charge in [-0.15, -0.1) is 0 Å². The lowest BCUT2D eigenvalue weighted by molar-refractivity contribution is 0.581. The molecule has 0 saturated heterocycles. The fourth-order valence-electron chi connectivity index (χ4n) is 1.79. The van der Waals surface area contributed by atoms with Gasteiger partial charge in [-0.25, -0.2) is 0 Å². The van der Waals surface area contributed by atoms with Crippen LogP contribution in [0.25, 0.3) is 0 Å². The zero-order valence-electron chi connectivity index (χ0n) is 12.3. The average molecular weight is 283 g/mol. The minimum atomic E-state index is -0.805. The van der Waals surface area contributed by atoms with Crippen molar-refractivity contribution < 1.29 is 4.43 Å². The molecular weight excluding hydrogens is 264 g/mol. The van der Waals surface area contributed by atoms with Crippen molar-refractivity contribution in [2.45, 2.75) is 26.9 Å². The maximum absolute atomic E-state index is 5.91. The Kier molecular flexibility index (Phi) is 4.68. The van der Waals surface area contributed by atoms with Gasteiger partial charge in [0.05, 0.1) is 11.9 Å². The highest BCUT2D eigenvalue weighted by Gasteiger charge is 2.06. The normalized spacial score (nSPS) is 11.2. The summed E-state index contributed by atoms with van der Waals surface area (Å²) in [4.78, 5) is 8.85. The van der Waals surface area contributed by atoms with Gasteiger partial charge in [-0.1, -0.05) is 12.1 Å². The van der Waals surface area contributed by atoms with Gasteiger partial charge in [0.15, 0.2) is 0 Å². The molecule has 0 N–H and O–H groups in total. The summed E-state index contributed by atoms with van der Waals surface area (Å²) in [6.45, 7) is 8.31. The van der Waals surface area contributed by atoms with Crippen LogP contribution in [-0.2, 0) is 0 Å². The molecule has 0 fully saturated rings. The molecule has 3 nitrogen and oxygen atoms in total. The van der Waals surface area contributed by atoms with Crippen molar-refractivity contribution in [3.05, 3.63) is 53.3 Å². The Labute approximate surface area is 122 Å². The van der Waals surface area contributed by atoms with Crippen molar-refractivity contribution in [2.75, 3.05) is 0 Å². The largest absolute Gasteiger partial charge is 0.541 e. The first-order valence-corrected chi connectivity index (χ1v) is 9.01. The first-order chi connectivity index (χ1) is 9.56. The summed E-state index contributed by atoms with van der Waals surface area (Å²) in [6, 6.07) is 10.0. The van der Waals surface area contributed by atoms with Crippen LogP contribution in [0.4, 0.5) is 5.69 Å². The van der Waals surface area contributed by atoms with Crippen molar-refractivity contribution >= 4 is 20.9 Å². The van der Waals surface area contributed by atoms with Crippen molar-refractivity contribution in [3.63, 3.8) is 0 Å². The predicted molar refractivity (Wildman–Crippen MR) is 85.5 cm³/mol. The molecule has 1 radical (unpaired) electrons. The summed E-state index contributed by atoms with van der Waals surface area (Å²) in [5.41, 5.74) is 4.03. The molecule has 0 spiro atoms. The maximum Gasteiger partial charge on any atom is 0.274 e. The second-order valence-corrected chi connectivity index (χ2v) is 6.97. The van der Waals surface area contributed by atoms with Crippen LogP contribution in [0.15, 0.2) is 41.5 Å². The zero-order valence-corrected chi connectivity index (χ0v) is 13.3. The van der Waals surface area contributed by atoms with Gasteiger partial charge in [0.1, 0.15) is 11.4 Å². The molecule has 2 rings (SSSR count). The van der Waals surface area contributed by atoms with Crippen LogP contribution in [0.2, 0.25) is 13.1 Å². The summed E-state index contributed by atoms with van der Waals surface area (Å²) in [7, 11) is -0.805. The van der Waals surface area contributed by atoms with Crippen LogP contribution in [0.1, 0.15) is 16.8 Å². The maximum atomic E-state index is 5.91. The third-order valence-electron chi connectivity index (χ3n) is 2.81. The number of hydrogen-bond donors (Lipinski definition) is 0. The lowest BCUT2D eigenvalue weighted by Crippen LogP contribution is -2.11. The molecule has 1 aromatic carbocycles. The first-order valence-electron chi connectivity index (χ1n) is 6.60. The Bertz CT molecular complexity index is 624. The van der Waals surface area contributed by atoms with E-state index in [0.717, 1.165) is 22.7 Å². The smallest absolute Gasteiger partial charge is 0.274 e. The molecule has 0 unspecified atom stereocenters. The molecule has 0 aliphatic rings. The van der Waals surface area contributed by atoms with E-state index >= 15 is 0 Å². The molecule has 0 aliphatic heterocycles. The number of rotatable bonds is 4. The summed E-state index contributed by atoms with van der Waals surface area (Å²) in [6.07, 6.45) is 3.57. The van der Waals surface area contributed by atoms with E-state index in [1.54, 1.807) is 12.4 Å². The second kappa shape index (κ2) is 6.48. The summed E-state index contributed by atoms with van der Waals surface area (Å²) < 4.78 is 5.91. The standard InChI is InChI=1S/C16H19N2OSi/c1-12-7-8-14(16(10-12)19-20(3)4)18-11-15-13(2)6-5-9-17-15/h5-11H,1-4H3. The van der Waals surface area contributed by atoms with E-state index in [1.165, 1.54) is 5.56 Å². The Balaban J connectivity index is 2.31. The van der Waals surface area contributed by atoms with Gasteiger partial charge in [0.25, 0.3) is 9.04 Å². The van der Waals surface area contributed by atoms with Gasteiger partial charge < -0.3 is 4.43 Å². The topological polar surface area (TPSA) is 34.5 Å². The van der Waals surface area contributed by atoms with Crippen molar-refractivity contribution in [2.24, 2.45) is 4.99 Å². The lowest BCUT2D eigenvalue weighted by atomic mass is 10.2. The average Bonchev–Trinajstić information content (AvgIpc) is 2.39. The molecule has 0 bridgehead atoms. The monoisotopic (exact) mass is 283 g/mol.